The Labute approximate surface area is 130 Å². The maximum absolute atomic E-state index is 12.2. The first-order chi connectivity index (χ1) is 10.1. The number of likely N-dealkylation sites (tertiary alicyclic amines) is 1. The number of rotatable bonds is 4. The highest BCUT2D eigenvalue weighted by atomic mass is 32.2. The summed E-state index contributed by atoms with van der Waals surface area (Å²) < 4.78 is 6.02. The molecule has 1 amide bonds. The first kappa shape index (κ1) is 14.5. The maximum atomic E-state index is 12.2. The molecule has 2 aromatic rings. The molecule has 3 heterocycles. The molecule has 0 bridgehead atoms. The monoisotopic (exact) mass is 325 g/mol. The SMILES string of the molecule is Cc1noc([C@@H]2CCN(C(=O)CSc3nnc(C)s3)C2)n1. The van der Waals surface area contributed by atoms with Crippen molar-refractivity contribution in [1.82, 2.24) is 25.2 Å². The van der Waals surface area contributed by atoms with Crippen molar-refractivity contribution in [2.45, 2.75) is 30.5 Å². The van der Waals surface area contributed by atoms with E-state index in [2.05, 4.69) is 20.3 Å². The van der Waals surface area contributed by atoms with Gasteiger partial charge < -0.3 is 9.42 Å². The summed E-state index contributed by atoms with van der Waals surface area (Å²) in [5.74, 6) is 1.94. The van der Waals surface area contributed by atoms with Crippen LogP contribution >= 0.6 is 23.1 Å². The Kier molecular flexibility index (Phi) is 4.20. The number of aromatic nitrogens is 4. The van der Waals surface area contributed by atoms with E-state index in [0.717, 1.165) is 22.3 Å². The van der Waals surface area contributed by atoms with Crippen molar-refractivity contribution in [3.63, 3.8) is 0 Å². The molecule has 1 atom stereocenters. The Morgan fingerprint density at radius 1 is 1.48 bits per heavy atom. The highest BCUT2D eigenvalue weighted by Gasteiger charge is 2.30. The zero-order valence-electron chi connectivity index (χ0n) is 11.8. The molecule has 0 saturated carbocycles. The second kappa shape index (κ2) is 6.10. The predicted molar refractivity (Wildman–Crippen MR) is 78.3 cm³/mol. The van der Waals surface area contributed by atoms with Gasteiger partial charge in [-0.15, -0.1) is 10.2 Å². The van der Waals surface area contributed by atoms with Crippen LogP contribution in [0.25, 0.3) is 0 Å². The smallest absolute Gasteiger partial charge is 0.233 e. The fourth-order valence-electron chi connectivity index (χ4n) is 2.22. The van der Waals surface area contributed by atoms with E-state index in [9.17, 15) is 4.79 Å². The highest BCUT2D eigenvalue weighted by molar-refractivity contribution is 8.01. The molecule has 3 rings (SSSR count). The topological polar surface area (TPSA) is 85.0 Å². The first-order valence-corrected chi connectivity index (χ1v) is 8.43. The van der Waals surface area contributed by atoms with Gasteiger partial charge in [0.1, 0.15) is 5.01 Å². The van der Waals surface area contributed by atoms with Gasteiger partial charge in [-0.3, -0.25) is 4.79 Å². The largest absolute Gasteiger partial charge is 0.341 e. The van der Waals surface area contributed by atoms with Gasteiger partial charge in [0, 0.05) is 13.1 Å². The molecule has 1 saturated heterocycles. The normalized spacial score (nSPS) is 18.4. The molecule has 21 heavy (non-hydrogen) atoms. The number of carbonyl (C=O) groups excluding carboxylic acids is 1. The summed E-state index contributed by atoms with van der Waals surface area (Å²) >= 11 is 2.95. The van der Waals surface area contributed by atoms with Crippen molar-refractivity contribution in [2.75, 3.05) is 18.8 Å². The third kappa shape index (κ3) is 3.41. The molecule has 9 heteroatoms. The van der Waals surface area contributed by atoms with Crippen LogP contribution in [0.3, 0.4) is 0 Å². The number of hydrogen-bond acceptors (Lipinski definition) is 8. The Balaban J connectivity index is 1.52. The van der Waals surface area contributed by atoms with Crippen LogP contribution in [0.2, 0.25) is 0 Å². The van der Waals surface area contributed by atoms with E-state index in [-0.39, 0.29) is 11.8 Å². The number of carbonyl (C=O) groups is 1. The van der Waals surface area contributed by atoms with E-state index in [1.165, 1.54) is 23.1 Å². The molecule has 1 aliphatic rings. The van der Waals surface area contributed by atoms with E-state index >= 15 is 0 Å². The van der Waals surface area contributed by atoms with Crippen LogP contribution in [-0.2, 0) is 4.79 Å². The van der Waals surface area contributed by atoms with Crippen molar-refractivity contribution < 1.29 is 9.32 Å². The number of thioether (sulfide) groups is 1. The average molecular weight is 325 g/mol. The predicted octanol–water partition coefficient (Wildman–Crippen LogP) is 1.65. The number of aryl methyl sites for hydroxylation is 2. The summed E-state index contributed by atoms with van der Waals surface area (Å²) in [5.41, 5.74) is 0. The molecule has 2 aromatic heterocycles. The lowest BCUT2D eigenvalue weighted by molar-refractivity contribution is -0.127. The Morgan fingerprint density at radius 2 is 2.33 bits per heavy atom. The van der Waals surface area contributed by atoms with Gasteiger partial charge in [0.25, 0.3) is 0 Å². The lowest BCUT2D eigenvalue weighted by Crippen LogP contribution is -2.30. The van der Waals surface area contributed by atoms with Crippen LogP contribution in [-0.4, -0.2) is 50.0 Å². The first-order valence-electron chi connectivity index (χ1n) is 6.62. The molecule has 1 aliphatic heterocycles. The number of nitrogens with zero attached hydrogens (tertiary/aromatic N) is 5. The third-order valence-electron chi connectivity index (χ3n) is 3.26. The lowest BCUT2D eigenvalue weighted by atomic mass is 10.1. The van der Waals surface area contributed by atoms with E-state index in [4.69, 9.17) is 4.52 Å². The van der Waals surface area contributed by atoms with Gasteiger partial charge in [-0.05, 0) is 20.3 Å². The van der Waals surface area contributed by atoms with Crippen molar-refractivity contribution in [1.29, 1.82) is 0 Å². The van der Waals surface area contributed by atoms with E-state index in [0.29, 0.717) is 24.0 Å². The molecule has 0 spiro atoms. The van der Waals surface area contributed by atoms with Crippen molar-refractivity contribution in [3.8, 4) is 0 Å². The minimum Gasteiger partial charge on any atom is -0.341 e. The van der Waals surface area contributed by atoms with Crippen molar-refractivity contribution >= 4 is 29.0 Å². The van der Waals surface area contributed by atoms with Crippen LogP contribution in [0.15, 0.2) is 8.86 Å². The summed E-state index contributed by atoms with van der Waals surface area (Å²) in [6, 6.07) is 0. The summed E-state index contributed by atoms with van der Waals surface area (Å²) in [6.45, 7) is 5.09. The summed E-state index contributed by atoms with van der Waals surface area (Å²) in [4.78, 5) is 18.3. The van der Waals surface area contributed by atoms with Gasteiger partial charge in [0.15, 0.2) is 10.2 Å². The Morgan fingerprint density at radius 3 is 3.00 bits per heavy atom. The average Bonchev–Trinajstić information content (AvgIpc) is 3.16. The van der Waals surface area contributed by atoms with Crippen LogP contribution in [0.1, 0.15) is 29.1 Å². The quantitative estimate of drug-likeness (QED) is 0.790. The Hall–Kier alpha value is -1.48. The van der Waals surface area contributed by atoms with Gasteiger partial charge in [-0.2, -0.15) is 4.98 Å². The van der Waals surface area contributed by atoms with Gasteiger partial charge in [-0.25, -0.2) is 0 Å². The lowest BCUT2D eigenvalue weighted by Gasteiger charge is -2.14. The number of amides is 1. The molecular weight excluding hydrogens is 310 g/mol. The van der Waals surface area contributed by atoms with Gasteiger partial charge in [0.2, 0.25) is 11.8 Å². The van der Waals surface area contributed by atoms with Crippen molar-refractivity contribution in [2.24, 2.45) is 0 Å². The fourth-order valence-corrected chi connectivity index (χ4v) is 3.94. The fraction of sp³-hybridized carbons (Fsp3) is 0.583. The molecule has 0 aromatic carbocycles. The number of hydrogen-bond donors (Lipinski definition) is 0. The zero-order chi connectivity index (χ0) is 14.8. The molecule has 0 radical (unpaired) electrons. The molecule has 0 unspecified atom stereocenters. The van der Waals surface area contributed by atoms with Crippen LogP contribution in [0.4, 0.5) is 0 Å². The minimum atomic E-state index is 0.117. The molecule has 7 nitrogen and oxygen atoms in total. The van der Waals surface area contributed by atoms with Crippen LogP contribution in [0.5, 0.6) is 0 Å². The van der Waals surface area contributed by atoms with Gasteiger partial charge >= 0.3 is 0 Å². The standard InChI is InChI=1S/C12H15N5O2S2/c1-7-13-11(19-16-7)9-3-4-17(5-9)10(18)6-20-12-15-14-8(2)21-12/h9H,3-6H2,1-2H3/t9-/m1/s1. The second-order valence-corrected chi connectivity index (χ2v) is 7.28. The van der Waals surface area contributed by atoms with Gasteiger partial charge in [0.05, 0.1) is 11.7 Å². The van der Waals surface area contributed by atoms with E-state index in [1.807, 2.05) is 11.8 Å². The third-order valence-corrected chi connectivity index (χ3v) is 5.22. The zero-order valence-corrected chi connectivity index (χ0v) is 13.4. The highest BCUT2D eigenvalue weighted by Crippen LogP contribution is 2.27. The summed E-state index contributed by atoms with van der Waals surface area (Å²) in [7, 11) is 0. The maximum Gasteiger partial charge on any atom is 0.233 e. The Bertz CT molecular complexity index is 641. The van der Waals surface area contributed by atoms with Crippen molar-refractivity contribution in [3.05, 3.63) is 16.7 Å². The molecule has 0 aliphatic carbocycles. The van der Waals surface area contributed by atoms with Crippen LogP contribution in [0, 0.1) is 13.8 Å². The summed E-state index contributed by atoms with van der Waals surface area (Å²) in [6.07, 6.45) is 0.871. The second-order valence-electron chi connectivity index (χ2n) is 4.88. The van der Waals surface area contributed by atoms with E-state index in [1.54, 1.807) is 6.92 Å². The van der Waals surface area contributed by atoms with Crippen LogP contribution < -0.4 is 0 Å². The molecular formula is C12H15N5O2S2. The molecule has 1 fully saturated rings. The van der Waals surface area contributed by atoms with E-state index < -0.39 is 0 Å². The molecule has 112 valence electrons. The molecule has 0 N–H and O–H groups in total. The van der Waals surface area contributed by atoms with Gasteiger partial charge in [-0.1, -0.05) is 28.3 Å². The minimum absolute atomic E-state index is 0.117. The summed E-state index contributed by atoms with van der Waals surface area (Å²) in [5, 5.41) is 12.7.